The Morgan fingerprint density at radius 3 is 2.45 bits per heavy atom. The van der Waals surface area contributed by atoms with Gasteiger partial charge in [-0.25, -0.2) is 0 Å². The molecule has 0 aromatic carbocycles. The molecule has 1 heterocycles. The molecule has 1 aliphatic rings. The fourth-order valence-corrected chi connectivity index (χ4v) is 1.89. The summed E-state index contributed by atoms with van der Waals surface area (Å²) in [4.78, 5) is 0. The minimum absolute atomic E-state index is 0.700. The van der Waals surface area contributed by atoms with Crippen LogP contribution < -0.4 is 5.32 Å². The van der Waals surface area contributed by atoms with Gasteiger partial charge in [0, 0.05) is 23.6 Å². The van der Waals surface area contributed by atoms with E-state index in [1.807, 2.05) is 11.8 Å². The maximum Gasteiger partial charge on any atom is 0.0251 e. The lowest BCUT2D eigenvalue weighted by Crippen LogP contribution is -2.47. The van der Waals surface area contributed by atoms with Crippen LogP contribution in [0.4, 0.5) is 0 Å². The van der Waals surface area contributed by atoms with E-state index in [4.69, 9.17) is 0 Å². The summed E-state index contributed by atoms with van der Waals surface area (Å²) in [7, 11) is 0. The minimum Gasteiger partial charge on any atom is -0.310 e. The number of hydrogen-bond donors (Lipinski definition) is 1. The Morgan fingerprint density at radius 1 is 1.45 bits per heavy atom. The van der Waals surface area contributed by atoms with Crippen LogP contribution in [0.1, 0.15) is 27.2 Å². The van der Waals surface area contributed by atoms with Gasteiger partial charge in [0.25, 0.3) is 0 Å². The van der Waals surface area contributed by atoms with Gasteiger partial charge in [-0.1, -0.05) is 20.3 Å². The Hall–Kier alpha value is 0.310. The molecule has 0 aliphatic carbocycles. The van der Waals surface area contributed by atoms with Gasteiger partial charge in [-0.05, 0) is 12.8 Å². The predicted molar refractivity (Wildman–Crippen MR) is 53.2 cm³/mol. The third-order valence-corrected chi connectivity index (χ3v) is 3.91. The van der Waals surface area contributed by atoms with Crippen LogP contribution >= 0.6 is 11.8 Å². The molecule has 2 heteroatoms. The van der Waals surface area contributed by atoms with Crippen molar-refractivity contribution in [3.05, 3.63) is 0 Å². The van der Waals surface area contributed by atoms with E-state index in [-0.39, 0.29) is 0 Å². The number of thioether (sulfide) groups is 1. The zero-order valence-corrected chi connectivity index (χ0v) is 8.58. The molecule has 1 rings (SSSR count). The van der Waals surface area contributed by atoms with Crippen molar-refractivity contribution in [3.8, 4) is 0 Å². The SMILES string of the molecule is CCC(C)C(C)NC1CSC1. The molecular formula is C9H19NS. The molecule has 1 N–H and O–H groups in total. The molecule has 0 radical (unpaired) electrons. The quantitative estimate of drug-likeness (QED) is 0.699. The van der Waals surface area contributed by atoms with Crippen molar-refractivity contribution in [2.24, 2.45) is 5.92 Å². The first-order valence-corrected chi connectivity index (χ1v) is 5.73. The molecule has 0 amide bonds. The smallest absolute Gasteiger partial charge is 0.0251 e. The van der Waals surface area contributed by atoms with Gasteiger partial charge in [0.1, 0.15) is 0 Å². The third kappa shape index (κ3) is 2.68. The van der Waals surface area contributed by atoms with Gasteiger partial charge in [-0.3, -0.25) is 0 Å². The van der Waals surface area contributed by atoms with Crippen molar-refractivity contribution in [1.82, 2.24) is 5.32 Å². The summed E-state index contributed by atoms with van der Waals surface area (Å²) in [6.07, 6.45) is 1.29. The van der Waals surface area contributed by atoms with Crippen LogP contribution in [0.3, 0.4) is 0 Å². The largest absolute Gasteiger partial charge is 0.310 e. The van der Waals surface area contributed by atoms with E-state index < -0.39 is 0 Å². The summed E-state index contributed by atoms with van der Waals surface area (Å²) in [6, 6.07) is 1.51. The fraction of sp³-hybridized carbons (Fsp3) is 1.00. The summed E-state index contributed by atoms with van der Waals surface area (Å²) in [5.41, 5.74) is 0. The van der Waals surface area contributed by atoms with E-state index in [0.29, 0.717) is 6.04 Å². The van der Waals surface area contributed by atoms with Crippen molar-refractivity contribution >= 4 is 11.8 Å². The molecule has 0 aromatic rings. The van der Waals surface area contributed by atoms with Gasteiger partial charge in [0.15, 0.2) is 0 Å². The minimum atomic E-state index is 0.700. The standard InChI is InChI=1S/C9H19NS/c1-4-7(2)8(3)10-9-5-11-6-9/h7-10H,4-6H2,1-3H3. The van der Waals surface area contributed by atoms with Gasteiger partial charge < -0.3 is 5.32 Å². The highest BCUT2D eigenvalue weighted by Crippen LogP contribution is 2.19. The van der Waals surface area contributed by atoms with Crippen LogP contribution in [0.15, 0.2) is 0 Å². The molecule has 0 aromatic heterocycles. The Morgan fingerprint density at radius 2 is 2.09 bits per heavy atom. The van der Waals surface area contributed by atoms with Crippen molar-refractivity contribution in [2.75, 3.05) is 11.5 Å². The molecule has 1 fully saturated rings. The molecule has 11 heavy (non-hydrogen) atoms. The molecule has 2 atom stereocenters. The highest BCUT2D eigenvalue weighted by molar-refractivity contribution is 8.00. The van der Waals surface area contributed by atoms with Gasteiger partial charge >= 0.3 is 0 Å². The Balaban J connectivity index is 2.13. The van der Waals surface area contributed by atoms with Crippen molar-refractivity contribution in [1.29, 1.82) is 0 Å². The molecule has 1 nitrogen and oxygen atoms in total. The van der Waals surface area contributed by atoms with Gasteiger partial charge in [0.05, 0.1) is 0 Å². The first-order chi connectivity index (χ1) is 5.24. The first-order valence-electron chi connectivity index (χ1n) is 4.57. The topological polar surface area (TPSA) is 12.0 Å². The molecular weight excluding hydrogens is 154 g/mol. The lowest BCUT2D eigenvalue weighted by atomic mass is 10.0. The summed E-state index contributed by atoms with van der Waals surface area (Å²) in [5, 5.41) is 3.65. The van der Waals surface area contributed by atoms with Gasteiger partial charge in [0.2, 0.25) is 0 Å². The lowest BCUT2D eigenvalue weighted by Gasteiger charge is -2.31. The average Bonchev–Trinajstić information content (AvgIpc) is 1.94. The fourth-order valence-electron chi connectivity index (χ4n) is 1.22. The van der Waals surface area contributed by atoms with E-state index >= 15 is 0 Å². The monoisotopic (exact) mass is 173 g/mol. The molecule has 66 valence electrons. The van der Waals surface area contributed by atoms with Crippen molar-refractivity contribution < 1.29 is 0 Å². The zero-order chi connectivity index (χ0) is 8.27. The second-order valence-electron chi connectivity index (χ2n) is 3.58. The van der Waals surface area contributed by atoms with E-state index in [9.17, 15) is 0 Å². The second kappa shape index (κ2) is 4.36. The van der Waals surface area contributed by atoms with Crippen LogP contribution in [-0.4, -0.2) is 23.6 Å². The van der Waals surface area contributed by atoms with E-state index in [1.54, 1.807) is 0 Å². The summed E-state index contributed by atoms with van der Waals surface area (Å²) in [6.45, 7) is 6.89. The maximum absolute atomic E-state index is 3.65. The Bertz CT molecular complexity index is 112. The highest BCUT2D eigenvalue weighted by Gasteiger charge is 2.21. The van der Waals surface area contributed by atoms with Crippen LogP contribution in [0.25, 0.3) is 0 Å². The predicted octanol–water partition coefficient (Wildman–Crippen LogP) is 2.13. The Labute approximate surface area is 74.3 Å². The van der Waals surface area contributed by atoms with Gasteiger partial charge in [-0.15, -0.1) is 0 Å². The molecule has 0 saturated carbocycles. The average molecular weight is 173 g/mol. The van der Waals surface area contributed by atoms with Crippen LogP contribution in [0.2, 0.25) is 0 Å². The number of rotatable bonds is 4. The van der Waals surface area contributed by atoms with Crippen LogP contribution in [0, 0.1) is 5.92 Å². The van der Waals surface area contributed by atoms with E-state index in [1.165, 1.54) is 17.9 Å². The summed E-state index contributed by atoms with van der Waals surface area (Å²) in [5.74, 6) is 3.46. The maximum atomic E-state index is 3.65. The number of nitrogens with one attached hydrogen (secondary N) is 1. The third-order valence-electron chi connectivity index (χ3n) is 2.63. The molecule has 0 bridgehead atoms. The van der Waals surface area contributed by atoms with Crippen LogP contribution in [-0.2, 0) is 0 Å². The zero-order valence-electron chi connectivity index (χ0n) is 7.76. The second-order valence-corrected chi connectivity index (χ2v) is 4.65. The summed E-state index contributed by atoms with van der Waals surface area (Å²) < 4.78 is 0. The van der Waals surface area contributed by atoms with Crippen LogP contribution in [0.5, 0.6) is 0 Å². The Kier molecular flexibility index (Phi) is 3.73. The molecule has 1 saturated heterocycles. The van der Waals surface area contributed by atoms with E-state index in [2.05, 4.69) is 26.1 Å². The highest BCUT2D eigenvalue weighted by atomic mass is 32.2. The van der Waals surface area contributed by atoms with Gasteiger partial charge in [-0.2, -0.15) is 11.8 Å². The van der Waals surface area contributed by atoms with Crippen molar-refractivity contribution in [3.63, 3.8) is 0 Å². The van der Waals surface area contributed by atoms with E-state index in [0.717, 1.165) is 12.0 Å². The molecule has 1 aliphatic heterocycles. The molecule has 0 spiro atoms. The molecule has 2 unspecified atom stereocenters. The summed E-state index contributed by atoms with van der Waals surface area (Å²) >= 11 is 2.04. The normalized spacial score (nSPS) is 24.3. The lowest BCUT2D eigenvalue weighted by molar-refractivity contribution is 0.365. The first kappa shape index (κ1) is 9.40. The number of hydrogen-bond acceptors (Lipinski definition) is 2. The van der Waals surface area contributed by atoms with Crippen molar-refractivity contribution in [2.45, 2.75) is 39.3 Å².